The van der Waals surface area contributed by atoms with Gasteiger partial charge in [-0.15, -0.1) is 0 Å². The Hall–Kier alpha value is -1.72. The molecule has 0 amide bonds. The summed E-state index contributed by atoms with van der Waals surface area (Å²) in [5, 5.41) is 30.3. The lowest BCUT2D eigenvalue weighted by Gasteiger charge is -2.37. The van der Waals surface area contributed by atoms with Crippen LogP contribution in [0.4, 0.5) is 0 Å². The number of rotatable bonds is 4. The quantitative estimate of drug-likeness (QED) is 0.738. The fourth-order valence-corrected chi connectivity index (χ4v) is 2.87. The van der Waals surface area contributed by atoms with Crippen LogP contribution in [0.25, 0.3) is 0 Å². The molecule has 0 aliphatic heterocycles. The Balaban J connectivity index is 2.38. The van der Waals surface area contributed by atoms with Gasteiger partial charge in [-0.2, -0.15) is 0 Å². The van der Waals surface area contributed by atoms with E-state index in [4.69, 9.17) is 9.47 Å². The molecule has 0 spiro atoms. The van der Waals surface area contributed by atoms with Crippen molar-refractivity contribution in [3.63, 3.8) is 0 Å². The van der Waals surface area contributed by atoms with Crippen molar-refractivity contribution in [1.29, 1.82) is 0 Å². The van der Waals surface area contributed by atoms with Crippen LogP contribution in [0.1, 0.15) is 19.8 Å². The predicted molar refractivity (Wildman–Crippen MR) is 78.3 cm³/mol. The zero-order valence-electron chi connectivity index (χ0n) is 12.5. The molecule has 2 aliphatic rings. The van der Waals surface area contributed by atoms with Gasteiger partial charge >= 0.3 is 0 Å². The maximum Gasteiger partial charge on any atom is 0.114 e. The van der Waals surface area contributed by atoms with Gasteiger partial charge < -0.3 is 24.8 Å². The highest BCUT2D eigenvalue weighted by molar-refractivity contribution is 5.39. The van der Waals surface area contributed by atoms with E-state index in [9.17, 15) is 15.3 Å². The van der Waals surface area contributed by atoms with Crippen LogP contribution < -0.4 is 0 Å². The molecular formula is C16H22O5. The molecule has 0 aromatic carbocycles. The van der Waals surface area contributed by atoms with Crippen LogP contribution in [0.2, 0.25) is 0 Å². The van der Waals surface area contributed by atoms with Gasteiger partial charge in [0.1, 0.15) is 22.9 Å². The maximum atomic E-state index is 11.0. The van der Waals surface area contributed by atoms with Gasteiger partial charge in [0.05, 0.1) is 26.2 Å². The minimum atomic E-state index is -1.24. The van der Waals surface area contributed by atoms with Gasteiger partial charge in [-0.3, -0.25) is 0 Å². The largest absolute Gasteiger partial charge is 0.508 e. The van der Waals surface area contributed by atoms with Crippen LogP contribution in [0.15, 0.2) is 47.2 Å². The van der Waals surface area contributed by atoms with Crippen molar-refractivity contribution in [2.24, 2.45) is 5.92 Å². The third-order valence-electron chi connectivity index (χ3n) is 4.08. The summed E-state index contributed by atoms with van der Waals surface area (Å²) in [6, 6.07) is 0. The number of ether oxygens (including phenoxy) is 2. The van der Waals surface area contributed by atoms with E-state index in [-0.39, 0.29) is 11.7 Å². The zero-order valence-corrected chi connectivity index (χ0v) is 12.5. The summed E-state index contributed by atoms with van der Waals surface area (Å²) in [6.07, 6.45) is 6.67. The highest BCUT2D eigenvalue weighted by Gasteiger charge is 2.41. The molecule has 21 heavy (non-hydrogen) atoms. The van der Waals surface area contributed by atoms with Crippen molar-refractivity contribution in [2.75, 3.05) is 14.2 Å². The van der Waals surface area contributed by atoms with E-state index in [0.29, 0.717) is 29.9 Å². The molecular weight excluding hydrogens is 272 g/mol. The van der Waals surface area contributed by atoms with Gasteiger partial charge in [-0.25, -0.2) is 0 Å². The Morgan fingerprint density at radius 2 is 2.00 bits per heavy atom. The Kier molecular flexibility index (Phi) is 4.44. The van der Waals surface area contributed by atoms with E-state index in [1.54, 1.807) is 25.2 Å². The van der Waals surface area contributed by atoms with Crippen molar-refractivity contribution in [2.45, 2.75) is 31.5 Å². The number of aliphatic hydroxyl groups is 3. The Morgan fingerprint density at radius 1 is 1.29 bits per heavy atom. The maximum absolute atomic E-state index is 11.0. The average molecular weight is 294 g/mol. The molecule has 3 unspecified atom stereocenters. The summed E-state index contributed by atoms with van der Waals surface area (Å²) in [6.45, 7) is 1.69. The van der Waals surface area contributed by atoms with Crippen molar-refractivity contribution in [3.8, 4) is 0 Å². The molecule has 0 fully saturated rings. The third-order valence-corrected chi connectivity index (χ3v) is 4.08. The minimum absolute atomic E-state index is 0.134. The van der Waals surface area contributed by atoms with Crippen LogP contribution in [-0.4, -0.2) is 41.2 Å². The first-order valence-electron chi connectivity index (χ1n) is 6.91. The molecule has 2 rings (SSSR count). The molecule has 0 aromatic rings. The van der Waals surface area contributed by atoms with Crippen LogP contribution in [0.3, 0.4) is 0 Å². The first kappa shape index (κ1) is 15.7. The van der Waals surface area contributed by atoms with Gasteiger partial charge in [0.2, 0.25) is 0 Å². The van der Waals surface area contributed by atoms with Crippen LogP contribution in [0, 0.1) is 5.92 Å². The first-order valence-corrected chi connectivity index (χ1v) is 6.91. The molecule has 5 nitrogen and oxygen atoms in total. The summed E-state index contributed by atoms with van der Waals surface area (Å²) in [5.41, 5.74) is -0.612. The molecule has 5 heteroatoms. The van der Waals surface area contributed by atoms with E-state index in [0.717, 1.165) is 0 Å². The second-order valence-electron chi connectivity index (χ2n) is 5.49. The molecule has 2 aliphatic carbocycles. The molecule has 0 aromatic heterocycles. The molecule has 3 atom stereocenters. The van der Waals surface area contributed by atoms with Gasteiger partial charge in [0, 0.05) is 18.1 Å². The fraction of sp³-hybridized carbons (Fsp3) is 0.500. The van der Waals surface area contributed by atoms with E-state index in [1.165, 1.54) is 20.3 Å². The lowest BCUT2D eigenvalue weighted by atomic mass is 9.75. The fourth-order valence-electron chi connectivity index (χ4n) is 2.87. The summed E-state index contributed by atoms with van der Waals surface area (Å²) < 4.78 is 10.6. The van der Waals surface area contributed by atoms with Gasteiger partial charge in [0.15, 0.2) is 0 Å². The van der Waals surface area contributed by atoms with Crippen molar-refractivity contribution < 1.29 is 24.8 Å². The number of allylic oxidation sites excluding steroid dienone is 2. The Labute approximate surface area is 124 Å². The smallest absolute Gasteiger partial charge is 0.114 e. The standard InChI is InChI=1S/C16H22O5/c1-16(19,12-6-4-10(17)8-14(12)20-2)13-7-5-11(18)9-15(13)21-3/h4-6,9-10,13,17-19H,7-8H2,1-3H3. The van der Waals surface area contributed by atoms with Crippen molar-refractivity contribution >= 4 is 0 Å². The second kappa shape index (κ2) is 5.95. The minimum Gasteiger partial charge on any atom is -0.508 e. The number of aliphatic hydroxyl groups excluding tert-OH is 2. The third kappa shape index (κ3) is 2.99. The first-order chi connectivity index (χ1) is 9.90. The summed E-state index contributed by atoms with van der Waals surface area (Å²) in [7, 11) is 3.04. The zero-order chi connectivity index (χ0) is 15.6. The van der Waals surface area contributed by atoms with E-state index >= 15 is 0 Å². The molecule has 116 valence electrons. The normalized spacial score (nSPS) is 28.6. The molecule has 0 heterocycles. The van der Waals surface area contributed by atoms with E-state index < -0.39 is 11.7 Å². The predicted octanol–water partition coefficient (Wildman–Crippen LogP) is 1.95. The van der Waals surface area contributed by atoms with E-state index in [2.05, 4.69) is 0 Å². The SMILES string of the molecule is COC1=CC(O)=CCC1C(C)(O)C1=C(OC)CC(O)C=C1. The topological polar surface area (TPSA) is 79.2 Å². The Bertz CT molecular complexity index is 525. The summed E-state index contributed by atoms with van der Waals surface area (Å²) >= 11 is 0. The lowest BCUT2D eigenvalue weighted by molar-refractivity contribution is 0.0220. The highest BCUT2D eigenvalue weighted by Crippen LogP contribution is 2.40. The van der Waals surface area contributed by atoms with Crippen LogP contribution in [-0.2, 0) is 9.47 Å². The molecule has 0 saturated carbocycles. The highest BCUT2D eigenvalue weighted by atomic mass is 16.5. The van der Waals surface area contributed by atoms with E-state index in [1.807, 2.05) is 0 Å². The molecule has 0 saturated heterocycles. The van der Waals surface area contributed by atoms with Gasteiger partial charge in [0.25, 0.3) is 0 Å². The van der Waals surface area contributed by atoms with Crippen LogP contribution in [0.5, 0.6) is 0 Å². The van der Waals surface area contributed by atoms with Gasteiger partial charge in [-0.05, 0) is 19.4 Å². The Morgan fingerprint density at radius 3 is 2.62 bits per heavy atom. The van der Waals surface area contributed by atoms with Crippen molar-refractivity contribution in [3.05, 3.63) is 47.2 Å². The average Bonchev–Trinajstić information content (AvgIpc) is 2.46. The second-order valence-corrected chi connectivity index (χ2v) is 5.49. The number of hydrogen-bond donors (Lipinski definition) is 3. The lowest BCUT2D eigenvalue weighted by Crippen LogP contribution is -2.40. The number of hydrogen-bond acceptors (Lipinski definition) is 5. The molecule has 3 N–H and O–H groups in total. The summed E-state index contributed by atoms with van der Waals surface area (Å²) in [5.74, 6) is 0.875. The van der Waals surface area contributed by atoms with Crippen molar-refractivity contribution in [1.82, 2.24) is 0 Å². The van der Waals surface area contributed by atoms with Gasteiger partial charge in [-0.1, -0.05) is 12.2 Å². The molecule has 0 bridgehead atoms. The van der Waals surface area contributed by atoms with Crippen LogP contribution >= 0.6 is 0 Å². The summed E-state index contributed by atoms with van der Waals surface area (Å²) in [4.78, 5) is 0. The number of methoxy groups -OCH3 is 2. The monoisotopic (exact) mass is 294 g/mol. The molecule has 0 radical (unpaired) electrons.